The van der Waals surface area contributed by atoms with Gasteiger partial charge in [0.05, 0.1) is 12.6 Å². The third-order valence-electron chi connectivity index (χ3n) is 2.08. The van der Waals surface area contributed by atoms with E-state index in [0.29, 0.717) is 0 Å². The maximum absolute atomic E-state index is 11.4. The van der Waals surface area contributed by atoms with Gasteiger partial charge in [-0.1, -0.05) is 13.8 Å². The van der Waals surface area contributed by atoms with Crippen LogP contribution >= 0.6 is 0 Å². The Kier molecular flexibility index (Phi) is 5.88. The average Bonchev–Trinajstić information content (AvgIpc) is 2.22. The van der Waals surface area contributed by atoms with Gasteiger partial charge in [-0.2, -0.15) is 0 Å². The van der Waals surface area contributed by atoms with Crippen LogP contribution in [0.25, 0.3) is 0 Å². The molecule has 2 amide bonds. The van der Waals surface area contributed by atoms with Crippen molar-refractivity contribution < 1.29 is 14.7 Å². The average molecular weight is 217 g/mol. The fourth-order valence-electron chi connectivity index (χ4n) is 0.939. The van der Waals surface area contributed by atoms with Crippen molar-refractivity contribution in [2.45, 2.75) is 25.9 Å². The molecule has 0 rings (SSSR count). The molecule has 15 heavy (non-hydrogen) atoms. The van der Waals surface area contributed by atoms with E-state index in [1.54, 1.807) is 13.8 Å². The third kappa shape index (κ3) is 4.26. The Labute approximate surface area is 89.2 Å². The highest BCUT2D eigenvalue weighted by Gasteiger charge is 2.23. The van der Waals surface area contributed by atoms with Crippen LogP contribution in [0.2, 0.25) is 0 Å². The normalized spacial score (nSPS) is 14.5. The van der Waals surface area contributed by atoms with Crippen LogP contribution in [0.1, 0.15) is 13.8 Å². The fourth-order valence-corrected chi connectivity index (χ4v) is 0.939. The first kappa shape index (κ1) is 13.9. The highest BCUT2D eigenvalue weighted by Crippen LogP contribution is 1.98. The number of likely N-dealkylation sites (N-methyl/N-ethyl adjacent to an activating group) is 1. The lowest BCUT2D eigenvalue weighted by molar-refractivity contribution is -0.130. The second kappa shape index (κ2) is 6.36. The zero-order valence-corrected chi connectivity index (χ0v) is 9.28. The second-order valence-corrected chi connectivity index (χ2v) is 3.63. The first-order valence-corrected chi connectivity index (χ1v) is 4.82. The Hall–Kier alpha value is -1.14. The number of nitrogens with one attached hydrogen (secondary N) is 2. The number of hydrogen-bond donors (Lipinski definition) is 4. The summed E-state index contributed by atoms with van der Waals surface area (Å²) in [5.74, 6) is -0.900. The molecule has 0 aliphatic carbocycles. The highest BCUT2D eigenvalue weighted by atomic mass is 16.3. The van der Waals surface area contributed by atoms with Crippen molar-refractivity contribution >= 4 is 11.8 Å². The molecule has 6 nitrogen and oxygen atoms in total. The Morgan fingerprint density at radius 3 is 2.20 bits per heavy atom. The minimum atomic E-state index is -0.938. The van der Waals surface area contributed by atoms with Crippen LogP contribution in [0, 0.1) is 5.92 Å². The van der Waals surface area contributed by atoms with E-state index >= 15 is 0 Å². The van der Waals surface area contributed by atoms with Gasteiger partial charge < -0.3 is 21.5 Å². The minimum Gasteiger partial charge on any atom is -0.394 e. The molecule has 0 spiro atoms. The largest absolute Gasteiger partial charge is 0.394 e. The van der Waals surface area contributed by atoms with Gasteiger partial charge in [0, 0.05) is 7.05 Å². The van der Waals surface area contributed by atoms with Crippen molar-refractivity contribution in [3.05, 3.63) is 0 Å². The second-order valence-electron chi connectivity index (χ2n) is 3.63. The molecule has 0 aliphatic rings. The van der Waals surface area contributed by atoms with Crippen LogP contribution in [0.4, 0.5) is 0 Å². The first-order valence-electron chi connectivity index (χ1n) is 4.82. The lowest BCUT2D eigenvalue weighted by Gasteiger charge is -2.19. The van der Waals surface area contributed by atoms with Crippen molar-refractivity contribution in [1.29, 1.82) is 0 Å². The van der Waals surface area contributed by atoms with Gasteiger partial charge >= 0.3 is 0 Å². The SMILES string of the molecule is CNC(=O)C(CO)NC(=O)C(N)C(C)C. The van der Waals surface area contributed by atoms with Crippen molar-refractivity contribution in [2.24, 2.45) is 11.7 Å². The molecule has 0 aromatic rings. The monoisotopic (exact) mass is 217 g/mol. The van der Waals surface area contributed by atoms with Gasteiger partial charge in [-0.15, -0.1) is 0 Å². The summed E-state index contributed by atoms with van der Waals surface area (Å²) in [7, 11) is 1.43. The van der Waals surface area contributed by atoms with Gasteiger partial charge in [-0.3, -0.25) is 9.59 Å². The summed E-state index contributed by atoms with van der Waals surface area (Å²) in [6.07, 6.45) is 0. The van der Waals surface area contributed by atoms with Gasteiger partial charge in [0.2, 0.25) is 11.8 Å². The molecule has 2 unspecified atom stereocenters. The number of amides is 2. The standard InChI is InChI=1S/C9H19N3O3/c1-5(2)7(10)9(15)12-6(4-13)8(14)11-3/h5-7,13H,4,10H2,1-3H3,(H,11,14)(H,12,15). The number of rotatable bonds is 5. The minimum absolute atomic E-state index is 0.0194. The van der Waals surface area contributed by atoms with Crippen LogP contribution in [0.5, 0.6) is 0 Å². The van der Waals surface area contributed by atoms with Gasteiger partial charge in [-0.25, -0.2) is 0 Å². The van der Waals surface area contributed by atoms with E-state index in [4.69, 9.17) is 10.8 Å². The van der Waals surface area contributed by atoms with E-state index in [0.717, 1.165) is 0 Å². The lowest BCUT2D eigenvalue weighted by Crippen LogP contribution is -2.53. The molecule has 2 atom stereocenters. The molecule has 0 saturated carbocycles. The van der Waals surface area contributed by atoms with Crippen molar-refractivity contribution in [3.8, 4) is 0 Å². The van der Waals surface area contributed by atoms with Crippen LogP contribution in [0.15, 0.2) is 0 Å². The van der Waals surface area contributed by atoms with Crippen molar-refractivity contribution in [3.63, 3.8) is 0 Å². The first-order chi connectivity index (χ1) is 6.93. The van der Waals surface area contributed by atoms with Crippen molar-refractivity contribution in [2.75, 3.05) is 13.7 Å². The number of hydrogen-bond acceptors (Lipinski definition) is 4. The number of aliphatic hydroxyl groups is 1. The molecule has 0 aromatic carbocycles. The molecular weight excluding hydrogens is 198 g/mol. The van der Waals surface area contributed by atoms with E-state index in [-0.39, 0.29) is 5.92 Å². The molecule has 0 heterocycles. The van der Waals surface area contributed by atoms with E-state index in [9.17, 15) is 9.59 Å². The molecule has 0 aliphatic heterocycles. The summed E-state index contributed by atoms with van der Waals surface area (Å²) < 4.78 is 0. The number of carbonyl (C=O) groups is 2. The van der Waals surface area contributed by atoms with Gasteiger partial charge in [-0.05, 0) is 5.92 Å². The zero-order chi connectivity index (χ0) is 12.0. The van der Waals surface area contributed by atoms with Gasteiger partial charge in [0.1, 0.15) is 6.04 Å². The molecule has 88 valence electrons. The fraction of sp³-hybridized carbons (Fsp3) is 0.778. The van der Waals surface area contributed by atoms with Crippen LogP contribution in [-0.2, 0) is 9.59 Å². The summed E-state index contributed by atoms with van der Waals surface area (Å²) >= 11 is 0. The quantitative estimate of drug-likeness (QED) is 0.436. The highest BCUT2D eigenvalue weighted by molar-refractivity contribution is 5.89. The molecule has 5 N–H and O–H groups in total. The molecule has 0 saturated heterocycles. The Bertz CT molecular complexity index is 231. The third-order valence-corrected chi connectivity index (χ3v) is 2.08. The van der Waals surface area contributed by atoms with Crippen LogP contribution in [-0.4, -0.2) is 42.7 Å². The summed E-state index contributed by atoms with van der Waals surface area (Å²) in [6, 6.07) is -1.61. The summed E-state index contributed by atoms with van der Waals surface area (Å²) in [5.41, 5.74) is 5.58. The number of nitrogens with two attached hydrogens (primary N) is 1. The summed E-state index contributed by atoms with van der Waals surface area (Å²) in [4.78, 5) is 22.6. The smallest absolute Gasteiger partial charge is 0.244 e. The number of carbonyl (C=O) groups excluding carboxylic acids is 2. The van der Waals surface area contributed by atoms with E-state index in [1.807, 2.05) is 0 Å². The molecular formula is C9H19N3O3. The van der Waals surface area contributed by atoms with E-state index in [2.05, 4.69) is 10.6 Å². The van der Waals surface area contributed by atoms with Crippen LogP contribution < -0.4 is 16.4 Å². The Balaban J connectivity index is 4.30. The predicted octanol–water partition coefficient (Wildman–Crippen LogP) is -1.81. The molecule has 0 fully saturated rings. The molecule has 0 bridgehead atoms. The van der Waals surface area contributed by atoms with Gasteiger partial charge in [0.15, 0.2) is 0 Å². The molecule has 0 aromatic heterocycles. The summed E-state index contributed by atoms with van der Waals surface area (Å²) in [5, 5.41) is 13.6. The zero-order valence-electron chi connectivity index (χ0n) is 9.28. The maximum atomic E-state index is 11.4. The molecule has 6 heteroatoms. The van der Waals surface area contributed by atoms with E-state index < -0.39 is 30.5 Å². The molecule has 0 radical (unpaired) electrons. The lowest BCUT2D eigenvalue weighted by atomic mass is 10.0. The maximum Gasteiger partial charge on any atom is 0.244 e. The van der Waals surface area contributed by atoms with Crippen LogP contribution in [0.3, 0.4) is 0 Å². The van der Waals surface area contributed by atoms with Crippen molar-refractivity contribution in [1.82, 2.24) is 10.6 Å². The van der Waals surface area contributed by atoms with E-state index in [1.165, 1.54) is 7.05 Å². The predicted molar refractivity (Wildman–Crippen MR) is 55.9 cm³/mol. The Morgan fingerprint density at radius 2 is 1.87 bits per heavy atom. The topological polar surface area (TPSA) is 104 Å². The number of aliphatic hydroxyl groups excluding tert-OH is 1. The van der Waals surface area contributed by atoms with Gasteiger partial charge in [0.25, 0.3) is 0 Å². The summed E-state index contributed by atoms with van der Waals surface area (Å²) in [6.45, 7) is 3.16. The Morgan fingerprint density at radius 1 is 1.33 bits per heavy atom.